The van der Waals surface area contributed by atoms with Crippen LogP contribution in [0, 0.1) is 0 Å². The normalized spacial score (nSPS) is 16.2. The van der Waals surface area contributed by atoms with E-state index < -0.39 is 0 Å². The molecule has 1 amide bonds. The lowest BCUT2D eigenvalue weighted by Gasteiger charge is -2.30. The van der Waals surface area contributed by atoms with Gasteiger partial charge in [-0.1, -0.05) is 17.7 Å². The fourth-order valence-corrected chi connectivity index (χ4v) is 3.89. The van der Waals surface area contributed by atoms with E-state index >= 15 is 0 Å². The van der Waals surface area contributed by atoms with E-state index in [0.717, 1.165) is 37.0 Å². The molecular weight excluding hydrogens is 280 g/mol. The summed E-state index contributed by atoms with van der Waals surface area (Å²) in [6, 6.07) is 8.30. The number of hydrogen-bond donors (Lipinski definition) is 0. The summed E-state index contributed by atoms with van der Waals surface area (Å²) in [5, 5.41) is 1.23. The minimum atomic E-state index is 0.151. The minimum Gasteiger partial charge on any atom is -0.339 e. The van der Waals surface area contributed by atoms with E-state index in [1.807, 2.05) is 24.8 Å². The summed E-state index contributed by atoms with van der Waals surface area (Å²) in [5.74, 6) is 0.649. The first kappa shape index (κ1) is 14.3. The van der Waals surface area contributed by atoms with E-state index in [4.69, 9.17) is 4.98 Å². The van der Waals surface area contributed by atoms with E-state index in [0.29, 0.717) is 5.92 Å². The van der Waals surface area contributed by atoms with Crippen LogP contribution in [0.4, 0.5) is 0 Å². The predicted molar refractivity (Wildman–Crippen MR) is 87.6 cm³/mol. The maximum absolute atomic E-state index is 12.0. The monoisotopic (exact) mass is 300 g/mol. The van der Waals surface area contributed by atoms with E-state index in [-0.39, 0.29) is 5.91 Å². The van der Waals surface area contributed by atoms with Crippen LogP contribution in [0.25, 0.3) is 10.2 Å². The molecule has 1 aliphatic rings. The molecule has 0 aliphatic carbocycles. The van der Waals surface area contributed by atoms with Crippen molar-refractivity contribution in [2.45, 2.75) is 32.6 Å². The lowest BCUT2D eigenvalue weighted by atomic mass is 9.97. The van der Waals surface area contributed by atoms with Crippen molar-refractivity contribution in [3.05, 3.63) is 40.9 Å². The van der Waals surface area contributed by atoms with Crippen LogP contribution >= 0.6 is 11.3 Å². The van der Waals surface area contributed by atoms with Crippen LogP contribution in [0.3, 0.4) is 0 Å². The highest BCUT2D eigenvalue weighted by Crippen LogP contribution is 2.33. The van der Waals surface area contributed by atoms with Crippen molar-refractivity contribution in [1.29, 1.82) is 0 Å². The highest BCUT2D eigenvalue weighted by molar-refractivity contribution is 7.18. The molecule has 1 aliphatic heterocycles. The Bertz CT molecular complexity index is 644. The highest BCUT2D eigenvalue weighted by Gasteiger charge is 2.25. The number of likely N-dealkylation sites (tertiary alicyclic amines) is 1. The molecule has 1 saturated heterocycles. The van der Waals surface area contributed by atoms with Crippen LogP contribution in [-0.2, 0) is 4.79 Å². The summed E-state index contributed by atoms with van der Waals surface area (Å²) in [6.45, 7) is 5.60. The third kappa shape index (κ3) is 3.16. The van der Waals surface area contributed by atoms with Gasteiger partial charge in [-0.15, -0.1) is 11.3 Å². The van der Waals surface area contributed by atoms with Crippen molar-refractivity contribution in [2.75, 3.05) is 13.1 Å². The molecule has 2 heterocycles. The molecule has 0 unspecified atom stereocenters. The van der Waals surface area contributed by atoms with Gasteiger partial charge in [0.25, 0.3) is 0 Å². The molecule has 1 aromatic heterocycles. The van der Waals surface area contributed by atoms with Crippen molar-refractivity contribution in [3.8, 4) is 0 Å². The Morgan fingerprint density at radius 2 is 2.00 bits per heavy atom. The molecule has 0 radical (unpaired) electrons. The van der Waals surface area contributed by atoms with Gasteiger partial charge < -0.3 is 4.90 Å². The fourth-order valence-electron chi connectivity index (χ4n) is 2.75. The number of nitrogens with zero attached hydrogens (tertiary/aromatic N) is 2. The Labute approximate surface area is 129 Å². The number of aromatic nitrogens is 1. The van der Waals surface area contributed by atoms with E-state index in [1.165, 1.54) is 9.71 Å². The molecule has 0 N–H and O–H groups in total. The number of para-hydroxylation sites is 1. The number of hydrogen-bond acceptors (Lipinski definition) is 3. The third-order valence-electron chi connectivity index (χ3n) is 3.88. The Hall–Kier alpha value is -1.68. The van der Waals surface area contributed by atoms with Gasteiger partial charge in [-0.2, -0.15) is 0 Å². The van der Waals surface area contributed by atoms with Gasteiger partial charge in [-0.05, 0) is 38.8 Å². The molecule has 21 heavy (non-hydrogen) atoms. The van der Waals surface area contributed by atoms with Gasteiger partial charge in [0.05, 0.1) is 15.2 Å². The third-order valence-corrected chi connectivity index (χ3v) is 5.08. The zero-order valence-corrected chi connectivity index (χ0v) is 13.3. The van der Waals surface area contributed by atoms with Crippen LogP contribution in [0.1, 0.15) is 37.6 Å². The van der Waals surface area contributed by atoms with Gasteiger partial charge in [-0.3, -0.25) is 4.79 Å². The SMILES string of the molecule is CC(C)=CC(=O)N1CCC(c2nc3ccccc3s2)CC1. The summed E-state index contributed by atoms with van der Waals surface area (Å²) in [6.07, 6.45) is 3.77. The molecule has 0 saturated carbocycles. The topological polar surface area (TPSA) is 33.2 Å². The average Bonchev–Trinajstić information content (AvgIpc) is 2.90. The van der Waals surface area contributed by atoms with Crippen molar-refractivity contribution >= 4 is 27.5 Å². The van der Waals surface area contributed by atoms with Gasteiger partial charge in [0, 0.05) is 25.1 Å². The number of rotatable bonds is 2. The number of amides is 1. The summed E-state index contributed by atoms with van der Waals surface area (Å²) in [4.78, 5) is 18.7. The number of benzene rings is 1. The van der Waals surface area contributed by atoms with Gasteiger partial charge >= 0.3 is 0 Å². The molecule has 0 spiro atoms. The molecule has 3 nitrogen and oxygen atoms in total. The maximum Gasteiger partial charge on any atom is 0.246 e. The lowest BCUT2D eigenvalue weighted by Crippen LogP contribution is -2.37. The quantitative estimate of drug-likeness (QED) is 0.786. The summed E-state index contributed by atoms with van der Waals surface area (Å²) >= 11 is 1.80. The number of piperidine rings is 1. The van der Waals surface area contributed by atoms with Crippen LogP contribution in [0.2, 0.25) is 0 Å². The first-order valence-electron chi connectivity index (χ1n) is 7.43. The number of carbonyl (C=O) groups is 1. The van der Waals surface area contributed by atoms with Gasteiger partial charge in [-0.25, -0.2) is 4.98 Å². The Morgan fingerprint density at radius 3 is 2.67 bits per heavy atom. The Morgan fingerprint density at radius 1 is 1.29 bits per heavy atom. The number of allylic oxidation sites excluding steroid dienone is 1. The largest absolute Gasteiger partial charge is 0.339 e. The van der Waals surface area contributed by atoms with Crippen molar-refractivity contribution in [3.63, 3.8) is 0 Å². The second-order valence-corrected chi connectivity index (χ2v) is 6.90. The molecule has 1 fully saturated rings. The first-order chi connectivity index (χ1) is 10.1. The van der Waals surface area contributed by atoms with Gasteiger partial charge in [0.1, 0.15) is 0 Å². The summed E-state index contributed by atoms with van der Waals surface area (Å²) < 4.78 is 1.26. The second-order valence-electron chi connectivity index (χ2n) is 5.84. The summed E-state index contributed by atoms with van der Waals surface area (Å²) in [5.41, 5.74) is 2.16. The number of thiazole rings is 1. The molecule has 4 heteroatoms. The second kappa shape index (κ2) is 5.98. The number of carbonyl (C=O) groups excluding carboxylic acids is 1. The Balaban J connectivity index is 1.68. The highest BCUT2D eigenvalue weighted by atomic mass is 32.1. The van der Waals surface area contributed by atoms with Crippen LogP contribution in [-0.4, -0.2) is 28.9 Å². The zero-order valence-electron chi connectivity index (χ0n) is 12.5. The summed E-state index contributed by atoms with van der Waals surface area (Å²) in [7, 11) is 0. The molecule has 3 rings (SSSR count). The molecule has 110 valence electrons. The lowest BCUT2D eigenvalue weighted by molar-refractivity contribution is -0.127. The predicted octanol–water partition coefficient (Wildman–Crippen LogP) is 3.97. The van der Waals surface area contributed by atoms with Gasteiger partial charge in [0.2, 0.25) is 5.91 Å². The smallest absolute Gasteiger partial charge is 0.246 e. The minimum absolute atomic E-state index is 0.151. The maximum atomic E-state index is 12.0. The molecule has 0 atom stereocenters. The molecule has 2 aromatic rings. The van der Waals surface area contributed by atoms with E-state index in [1.54, 1.807) is 17.4 Å². The van der Waals surface area contributed by atoms with Crippen molar-refractivity contribution in [2.24, 2.45) is 0 Å². The van der Waals surface area contributed by atoms with Crippen LogP contribution < -0.4 is 0 Å². The molecule has 0 bridgehead atoms. The molecule has 1 aromatic carbocycles. The fraction of sp³-hybridized carbons (Fsp3) is 0.412. The van der Waals surface area contributed by atoms with Crippen LogP contribution in [0.5, 0.6) is 0 Å². The molecular formula is C17H20N2OS. The van der Waals surface area contributed by atoms with E-state index in [9.17, 15) is 4.79 Å². The van der Waals surface area contributed by atoms with E-state index in [2.05, 4.69) is 18.2 Å². The average molecular weight is 300 g/mol. The number of fused-ring (bicyclic) bond motifs is 1. The first-order valence-corrected chi connectivity index (χ1v) is 8.24. The van der Waals surface area contributed by atoms with Crippen LogP contribution in [0.15, 0.2) is 35.9 Å². The van der Waals surface area contributed by atoms with Gasteiger partial charge in [0.15, 0.2) is 0 Å². The zero-order chi connectivity index (χ0) is 14.8. The standard InChI is InChI=1S/C17H20N2OS/c1-12(2)11-16(20)19-9-7-13(8-10-19)17-18-14-5-3-4-6-15(14)21-17/h3-6,11,13H,7-10H2,1-2H3. The van der Waals surface area contributed by atoms with Crippen molar-refractivity contribution in [1.82, 2.24) is 9.88 Å². The van der Waals surface area contributed by atoms with Crippen molar-refractivity contribution < 1.29 is 4.79 Å². The Kier molecular flexibility index (Phi) is 4.06.